The van der Waals surface area contributed by atoms with E-state index in [0.717, 1.165) is 26.2 Å². The highest BCUT2D eigenvalue weighted by molar-refractivity contribution is 6.04. The molecule has 3 heterocycles. The van der Waals surface area contributed by atoms with Gasteiger partial charge in [0.1, 0.15) is 23.3 Å². The lowest BCUT2D eigenvalue weighted by atomic mass is 9.77. The molecule has 4 atom stereocenters. The lowest BCUT2D eigenvalue weighted by molar-refractivity contribution is -0.275. The van der Waals surface area contributed by atoms with Gasteiger partial charge in [-0.1, -0.05) is 13.0 Å². The first-order chi connectivity index (χ1) is 18.2. The highest BCUT2D eigenvalue weighted by Crippen LogP contribution is 2.59. The average molecular weight is 556 g/mol. The zero-order chi connectivity index (χ0) is 28.9. The number of nitrogens with zero attached hydrogens (tertiary/aromatic N) is 2. The zero-order valence-corrected chi connectivity index (χ0v) is 21.0. The smallest absolute Gasteiger partial charge is 0.417 e. The average Bonchev–Trinajstić information content (AvgIpc) is 3.39. The number of hydrogen-bond donors (Lipinski definition) is 4. The van der Waals surface area contributed by atoms with Gasteiger partial charge in [0.05, 0.1) is 12.6 Å². The molecule has 210 valence electrons. The Morgan fingerprint density at radius 1 is 1.26 bits per heavy atom. The van der Waals surface area contributed by atoms with Gasteiger partial charge in [0, 0.05) is 36.4 Å². The molecule has 0 radical (unpaired) electrons. The summed E-state index contributed by atoms with van der Waals surface area (Å²) in [6.45, 7) is 2.17. The highest BCUT2D eigenvalue weighted by Gasteiger charge is 2.65. The van der Waals surface area contributed by atoms with E-state index in [-0.39, 0.29) is 46.9 Å². The number of aromatic amines is 1. The minimum absolute atomic E-state index is 0.0403. The molecule has 2 amide bonds. The van der Waals surface area contributed by atoms with Gasteiger partial charge in [0.25, 0.3) is 5.91 Å². The van der Waals surface area contributed by atoms with Crippen LogP contribution >= 0.6 is 0 Å². The quantitative estimate of drug-likeness (QED) is 0.325. The maximum absolute atomic E-state index is 14.6. The highest BCUT2D eigenvalue weighted by atomic mass is 19.4. The fourth-order valence-corrected chi connectivity index (χ4v) is 4.79. The van der Waals surface area contributed by atoms with E-state index >= 15 is 0 Å². The van der Waals surface area contributed by atoms with Crippen molar-refractivity contribution in [3.05, 3.63) is 46.9 Å². The summed E-state index contributed by atoms with van der Waals surface area (Å²) in [6, 6.07) is 3.21. The first-order valence-electron chi connectivity index (χ1n) is 11.7. The molecule has 4 rings (SSSR count). The minimum atomic E-state index is -4.86. The van der Waals surface area contributed by atoms with Gasteiger partial charge in [-0.25, -0.2) is 14.4 Å². The van der Waals surface area contributed by atoms with Crippen LogP contribution in [0.2, 0.25) is 0 Å². The number of alkyl halides is 3. The maximum Gasteiger partial charge on any atom is 0.417 e. The van der Waals surface area contributed by atoms with E-state index in [4.69, 9.17) is 20.9 Å². The maximum atomic E-state index is 14.6. The Bertz CT molecular complexity index is 1440. The van der Waals surface area contributed by atoms with Crippen molar-refractivity contribution in [1.29, 1.82) is 0 Å². The first kappa shape index (κ1) is 28.2. The molecule has 39 heavy (non-hydrogen) atoms. The number of anilines is 1. The number of carbonyl (C=O) groups is 2. The van der Waals surface area contributed by atoms with Crippen molar-refractivity contribution in [1.82, 2.24) is 15.0 Å². The van der Waals surface area contributed by atoms with Crippen LogP contribution in [0.4, 0.5) is 27.8 Å². The summed E-state index contributed by atoms with van der Waals surface area (Å²) >= 11 is 0. The number of imidazole rings is 1. The molecule has 6 N–H and O–H groups in total. The van der Waals surface area contributed by atoms with Crippen molar-refractivity contribution in [3.63, 3.8) is 0 Å². The van der Waals surface area contributed by atoms with Crippen LogP contribution in [0.3, 0.4) is 0 Å². The van der Waals surface area contributed by atoms with Crippen LogP contribution in [0, 0.1) is 17.6 Å². The molecule has 15 heteroatoms. The Labute approximate surface area is 218 Å². The van der Waals surface area contributed by atoms with Crippen LogP contribution in [0.5, 0.6) is 5.75 Å². The van der Waals surface area contributed by atoms with Crippen LogP contribution in [0.1, 0.15) is 54.2 Å². The fraction of sp³-hybridized carbons (Fsp3) is 0.417. The molecule has 1 fully saturated rings. The zero-order valence-electron chi connectivity index (χ0n) is 21.0. The van der Waals surface area contributed by atoms with Gasteiger partial charge in [-0.3, -0.25) is 9.59 Å². The summed E-state index contributed by atoms with van der Waals surface area (Å²) in [6.07, 6.45) is -6.40. The Hall–Kier alpha value is -3.85. The molecule has 0 saturated carbocycles. The number of aromatic nitrogens is 3. The summed E-state index contributed by atoms with van der Waals surface area (Å²) in [4.78, 5) is 35.2. The first-order valence-corrected chi connectivity index (χ1v) is 11.7. The predicted molar refractivity (Wildman–Crippen MR) is 128 cm³/mol. The van der Waals surface area contributed by atoms with Gasteiger partial charge in [0.15, 0.2) is 22.9 Å². The number of carbonyl (C=O) groups excluding carboxylic acids is 2. The molecule has 0 aliphatic carbocycles. The molecule has 3 aromatic rings. The normalized spacial score (nSPS) is 23.3. The van der Waals surface area contributed by atoms with Crippen LogP contribution in [-0.2, 0) is 9.53 Å². The van der Waals surface area contributed by atoms with E-state index in [0.29, 0.717) is 0 Å². The van der Waals surface area contributed by atoms with Crippen molar-refractivity contribution in [2.75, 3.05) is 19.0 Å². The van der Waals surface area contributed by atoms with E-state index in [1.807, 2.05) is 0 Å². The standard InChI is InChI=1S/C24H25F5N6O4/c1-9-15(10-4-5-11(25)16(26)19(10)38-3)20(39-23(9,2)24(27,28)29)22-32-12-8-13(33-14(36)6-7-30)34-18(21(31)37)17(12)35-22/h4-5,8-9,15,20H,6-7,30H2,1-3H3,(H2,31,37)(H,32,35)(H,33,34,36)/t9-,15-,20+,23+/m0/s1. The summed E-state index contributed by atoms with van der Waals surface area (Å²) < 4.78 is 82.0. The molecule has 1 saturated heterocycles. The van der Waals surface area contributed by atoms with Gasteiger partial charge in [-0.2, -0.15) is 17.6 Å². The number of rotatable bonds is 7. The third-order valence-electron chi connectivity index (χ3n) is 6.94. The number of H-pyrrole nitrogens is 1. The molecular formula is C24H25F5N6O4. The number of ether oxygens (including phenoxy) is 2. The molecule has 10 nitrogen and oxygen atoms in total. The molecule has 0 bridgehead atoms. The summed E-state index contributed by atoms with van der Waals surface area (Å²) in [5, 5.41) is 2.45. The summed E-state index contributed by atoms with van der Waals surface area (Å²) in [7, 11) is 1.06. The van der Waals surface area contributed by atoms with E-state index < -0.39 is 58.9 Å². The number of fused-ring (bicyclic) bond motifs is 1. The van der Waals surface area contributed by atoms with Crippen molar-refractivity contribution < 1.29 is 41.0 Å². The SMILES string of the molecule is COc1c([C@H]2[C@H](c3nc4c(C(N)=O)nc(NC(=O)CCN)cc4[nH]3)O[C@@](C)(C(F)(F)F)[C@H]2C)ccc(F)c1F. The number of benzene rings is 1. The number of primary amides is 1. The molecule has 0 spiro atoms. The number of halogens is 5. The lowest BCUT2D eigenvalue weighted by Gasteiger charge is -2.32. The van der Waals surface area contributed by atoms with Crippen molar-refractivity contribution in [3.8, 4) is 5.75 Å². The number of hydrogen-bond acceptors (Lipinski definition) is 7. The van der Waals surface area contributed by atoms with Gasteiger partial charge >= 0.3 is 6.18 Å². The summed E-state index contributed by atoms with van der Waals surface area (Å²) in [5.41, 5.74) is 7.64. The van der Waals surface area contributed by atoms with E-state index in [1.54, 1.807) is 0 Å². The third-order valence-corrected chi connectivity index (χ3v) is 6.94. The van der Waals surface area contributed by atoms with Gasteiger partial charge in [-0.15, -0.1) is 0 Å². The Morgan fingerprint density at radius 2 is 1.95 bits per heavy atom. The molecule has 1 aliphatic rings. The van der Waals surface area contributed by atoms with Crippen molar-refractivity contribution >= 4 is 28.7 Å². The second-order valence-corrected chi connectivity index (χ2v) is 9.27. The second-order valence-electron chi connectivity index (χ2n) is 9.27. The second kappa shape index (κ2) is 10.0. The Morgan fingerprint density at radius 3 is 2.54 bits per heavy atom. The van der Waals surface area contributed by atoms with E-state index in [9.17, 15) is 31.5 Å². The van der Waals surface area contributed by atoms with Crippen LogP contribution in [0.25, 0.3) is 11.0 Å². The van der Waals surface area contributed by atoms with Gasteiger partial charge < -0.3 is 31.2 Å². The monoisotopic (exact) mass is 556 g/mol. The number of pyridine rings is 1. The number of amides is 2. The minimum Gasteiger partial charge on any atom is -0.493 e. The van der Waals surface area contributed by atoms with Gasteiger partial charge in [0.2, 0.25) is 11.7 Å². The largest absolute Gasteiger partial charge is 0.493 e. The molecule has 0 unspecified atom stereocenters. The number of nitrogens with one attached hydrogen (secondary N) is 2. The van der Waals surface area contributed by atoms with Crippen molar-refractivity contribution in [2.45, 2.75) is 44.1 Å². The molecular weight excluding hydrogens is 531 g/mol. The Kier molecular flexibility index (Phi) is 7.25. The fourth-order valence-electron chi connectivity index (χ4n) is 4.79. The van der Waals surface area contributed by atoms with Gasteiger partial charge in [-0.05, 0) is 13.0 Å². The van der Waals surface area contributed by atoms with Crippen LogP contribution in [-0.4, -0.2) is 52.2 Å². The predicted octanol–water partition coefficient (Wildman–Crippen LogP) is 3.44. The lowest BCUT2D eigenvalue weighted by Crippen LogP contribution is -2.46. The summed E-state index contributed by atoms with van der Waals surface area (Å²) in [5.74, 6) is -7.54. The Balaban J connectivity index is 1.90. The van der Waals surface area contributed by atoms with E-state index in [2.05, 4.69) is 20.3 Å². The van der Waals surface area contributed by atoms with Crippen LogP contribution < -0.4 is 21.5 Å². The molecule has 2 aromatic heterocycles. The van der Waals surface area contributed by atoms with E-state index in [1.165, 1.54) is 13.0 Å². The topological polar surface area (TPSA) is 158 Å². The molecule has 1 aromatic carbocycles. The molecule has 1 aliphatic heterocycles. The number of methoxy groups -OCH3 is 1. The third kappa shape index (κ3) is 4.76. The van der Waals surface area contributed by atoms with Crippen LogP contribution in [0.15, 0.2) is 18.2 Å². The number of nitrogens with two attached hydrogens (primary N) is 2. The van der Waals surface area contributed by atoms with Crippen molar-refractivity contribution in [2.24, 2.45) is 17.4 Å².